The van der Waals surface area contributed by atoms with Gasteiger partial charge in [-0.05, 0) is 31.5 Å². The van der Waals surface area contributed by atoms with Gasteiger partial charge in [-0.3, -0.25) is 14.5 Å². The lowest BCUT2D eigenvalue weighted by atomic mass is 10.3. The van der Waals surface area contributed by atoms with Gasteiger partial charge in [0.25, 0.3) is 5.91 Å². The Morgan fingerprint density at radius 3 is 2.96 bits per heavy atom. The van der Waals surface area contributed by atoms with Crippen LogP contribution in [0.4, 0.5) is 5.95 Å². The molecule has 0 aliphatic rings. The number of aromatic nitrogens is 5. The lowest BCUT2D eigenvalue weighted by Gasteiger charge is -2.09. The molecule has 8 heteroatoms. The van der Waals surface area contributed by atoms with Crippen molar-refractivity contribution in [3.63, 3.8) is 0 Å². The number of amides is 1. The second-order valence-electron chi connectivity index (χ2n) is 6.03. The molecule has 0 spiro atoms. The van der Waals surface area contributed by atoms with E-state index in [9.17, 15) is 4.79 Å². The molecule has 4 rings (SSSR count). The number of hydrogen-bond donors (Lipinski definition) is 1. The first kappa shape index (κ1) is 17.2. The summed E-state index contributed by atoms with van der Waals surface area (Å²) < 4.78 is 9.14. The Kier molecular flexibility index (Phi) is 4.80. The fourth-order valence-electron chi connectivity index (χ4n) is 2.97. The molecule has 3 heterocycles. The second kappa shape index (κ2) is 7.55. The van der Waals surface area contributed by atoms with Gasteiger partial charge in [-0.1, -0.05) is 12.1 Å². The predicted octanol–water partition coefficient (Wildman–Crippen LogP) is 2.76. The molecule has 0 bridgehead atoms. The molecule has 1 amide bonds. The van der Waals surface area contributed by atoms with E-state index < -0.39 is 0 Å². The molecule has 0 saturated carbocycles. The van der Waals surface area contributed by atoms with E-state index in [0.717, 1.165) is 17.5 Å². The predicted molar refractivity (Wildman–Crippen MR) is 102 cm³/mol. The van der Waals surface area contributed by atoms with E-state index in [1.54, 1.807) is 29.1 Å². The summed E-state index contributed by atoms with van der Waals surface area (Å²) >= 11 is 0. The number of rotatable bonds is 7. The highest BCUT2D eigenvalue weighted by molar-refractivity contribution is 6.03. The average Bonchev–Trinajstić information content (AvgIpc) is 3.27. The number of carbonyl (C=O) groups excluding carboxylic acids is 1. The van der Waals surface area contributed by atoms with Gasteiger partial charge in [-0.25, -0.2) is 15.0 Å². The number of aryl methyl sites for hydroxylation is 1. The van der Waals surface area contributed by atoms with Gasteiger partial charge in [0.2, 0.25) is 11.7 Å². The van der Waals surface area contributed by atoms with Crippen molar-refractivity contribution in [2.45, 2.75) is 19.9 Å². The molecule has 0 radical (unpaired) electrons. The monoisotopic (exact) mass is 364 g/mol. The Morgan fingerprint density at radius 2 is 2.11 bits per heavy atom. The third-order valence-corrected chi connectivity index (χ3v) is 4.22. The molecular weight excluding hydrogens is 344 g/mol. The molecule has 0 atom stereocenters. The summed E-state index contributed by atoms with van der Waals surface area (Å²) in [5, 5.41) is 2.89. The molecule has 0 saturated heterocycles. The zero-order valence-corrected chi connectivity index (χ0v) is 15.0. The average molecular weight is 364 g/mol. The van der Waals surface area contributed by atoms with Gasteiger partial charge in [-0.15, -0.1) is 0 Å². The minimum Gasteiger partial charge on any atom is -0.382 e. The van der Waals surface area contributed by atoms with E-state index in [0.29, 0.717) is 37.2 Å². The maximum absolute atomic E-state index is 12.7. The maximum Gasteiger partial charge on any atom is 0.278 e. The third-order valence-electron chi connectivity index (χ3n) is 4.22. The number of fused-ring (bicyclic) bond motifs is 2. The standard InChI is InChI=1S/C19H20N6O2/c1-2-27-12-6-11-25-16-8-4-3-7-14(16)21-19(25)23-17(26)15-13-24-10-5-9-20-18(24)22-15/h3-5,7-10,13H,2,6,11-12H2,1H3,(H,21,23,26). The molecule has 138 valence electrons. The van der Waals surface area contributed by atoms with Gasteiger partial charge in [-0.2, -0.15) is 0 Å². The van der Waals surface area contributed by atoms with Crippen molar-refractivity contribution < 1.29 is 9.53 Å². The topological polar surface area (TPSA) is 86.3 Å². The van der Waals surface area contributed by atoms with Crippen molar-refractivity contribution in [1.29, 1.82) is 0 Å². The van der Waals surface area contributed by atoms with Crippen LogP contribution in [-0.4, -0.2) is 43.0 Å². The Hall–Kier alpha value is -3.26. The maximum atomic E-state index is 12.7. The molecular formula is C19H20N6O2. The van der Waals surface area contributed by atoms with Crippen LogP contribution in [0.15, 0.2) is 48.9 Å². The van der Waals surface area contributed by atoms with E-state index in [-0.39, 0.29) is 5.91 Å². The minimum absolute atomic E-state index is 0.293. The van der Waals surface area contributed by atoms with E-state index >= 15 is 0 Å². The summed E-state index contributed by atoms with van der Waals surface area (Å²) in [5.74, 6) is 0.664. The normalized spacial score (nSPS) is 11.3. The molecule has 0 aliphatic heterocycles. The van der Waals surface area contributed by atoms with Crippen LogP contribution in [0.2, 0.25) is 0 Å². The summed E-state index contributed by atoms with van der Waals surface area (Å²) in [5.41, 5.74) is 2.10. The van der Waals surface area contributed by atoms with E-state index in [4.69, 9.17) is 4.74 Å². The zero-order valence-electron chi connectivity index (χ0n) is 15.0. The van der Waals surface area contributed by atoms with E-state index in [1.165, 1.54) is 0 Å². The molecule has 3 aromatic heterocycles. The SMILES string of the molecule is CCOCCCn1c(NC(=O)c2cn3cccnc3n2)nc2ccccc21. The highest BCUT2D eigenvalue weighted by atomic mass is 16.5. The molecule has 27 heavy (non-hydrogen) atoms. The largest absolute Gasteiger partial charge is 0.382 e. The number of benzene rings is 1. The fourth-order valence-corrected chi connectivity index (χ4v) is 2.97. The van der Waals surface area contributed by atoms with Gasteiger partial charge >= 0.3 is 0 Å². The van der Waals surface area contributed by atoms with Crippen molar-refractivity contribution in [2.75, 3.05) is 18.5 Å². The van der Waals surface area contributed by atoms with Crippen LogP contribution in [0.25, 0.3) is 16.8 Å². The van der Waals surface area contributed by atoms with Crippen molar-refractivity contribution in [3.05, 3.63) is 54.6 Å². The van der Waals surface area contributed by atoms with Crippen LogP contribution < -0.4 is 5.32 Å². The molecule has 1 aromatic carbocycles. The number of para-hydroxylation sites is 2. The molecule has 4 aromatic rings. The highest BCUT2D eigenvalue weighted by Crippen LogP contribution is 2.20. The number of nitrogens with one attached hydrogen (secondary N) is 1. The summed E-state index contributed by atoms with van der Waals surface area (Å²) in [6, 6.07) is 9.60. The summed E-state index contributed by atoms with van der Waals surface area (Å²) in [6.45, 7) is 4.02. The van der Waals surface area contributed by atoms with Crippen LogP contribution in [0.1, 0.15) is 23.8 Å². The zero-order chi connectivity index (χ0) is 18.6. The molecule has 8 nitrogen and oxygen atoms in total. The number of imidazole rings is 2. The smallest absolute Gasteiger partial charge is 0.278 e. The Morgan fingerprint density at radius 1 is 1.22 bits per heavy atom. The number of ether oxygens (including phenoxy) is 1. The molecule has 1 N–H and O–H groups in total. The Labute approximate surface area is 155 Å². The Bertz CT molecular complexity index is 1050. The van der Waals surface area contributed by atoms with Crippen LogP contribution in [-0.2, 0) is 11.3 Å². The first-order chi connectivity index (χ1) is 13.3. The summed E-state index contributed by atoms with van der Waals surface area (Å²) in [6.07, 6.45) is 5.92. The van der Waals surface area contributed by atoms with Crippen LogP contribution in [0.3, 0.4) is 0 Å². The summed E-state index contributed by atoms with van der Waals surface area (Å²) in [7, 11) is 0. The number of hydrogen-bond acceptors (Lipinski definition) is 5. The van der Waals surface area contributed by atoms with Crippen LogP contribution >= 0.6 is 0 Å². The van der Waals surface area contributed by atoms with Gasteiger partial charge in [0.1, 0.15) is 5.69 Å². The highest BCUT2D eigenvalue weighted by Gasteiger charge is 2.16. The van der Waals surface area contributed by atoms with Gasteiger partial charge in [0.15, 0.2) is 0 Å². The van der Waals surface area contributed by atoms with Crippen LogP contribution in [0, 0.1) is 0 Å². The second-order valence-corrected chi connectivity index (χ2v) is 6.03. The van der Waals surface area contributed by atoms with Gasteiger partial charge < -0.3 is 9.30 Å². The number of nitrogens with zero attached hydrogens (tertiary/aromatic N) is 5. The number of carbonyl (C=O) groups is 1. The summed E-state index contributed by atoms with van der Waals surface area (Å²) in [4.78, 5) is 25.7. The fraction of sp³-hybridized carbons (Fsp3) is 0.263. The van der Waals surface area contributed by atoms with Gasteiger partial charge in [0.05, 0.1) is 11.0 Å². The minimum atomic E-state index is -0.318. The quantitative estimate of drug-likeness (QED) is 0.510. The van der Waals surface area contributed by atoms with E-state index in [1.807, 2.05) is 35.8 Å². The lowest BCUT2D eigenvalue weighted by molar-refractivity contribution is 0.102. The van der Waals surface area contributed by atoms with Crippen molar-refractivity contribution in [3.8, 4) is 0 Å². The van der Waals surface area contributed by atoms with Crippen molar-refractivity contribution in [2.24, 2.45) is 0 Å². The number of anilines is 1. The first-order valence-electron chi connectivity index (χ1n) is 8.90. The molecule has 0 aliphatic carbocycles. The molecule has 0 unspecified atom stereocenters. The van der Waals surface area contributed by atoms with Crippen molar-refractivity contribution >= 4 is 28.7 Å². The van der Waals surface area contributed by atoms with E-state index in [2.05, 4.69) is 20.3 Å². The third kappa shape index (κ3) is 3.52. The Balaban J connectivity index is 1.60. The van der Waals surface area contributed by atoms with Crippen LogP contribution in [0.5, 0.6) is 0 Å². The lowest BCUT2D eigenvalue weighted by Crippen LogP contribution is -2.17. The van der Waals surface area contributed by atoms with Gasteiger partial charge in [0, 0.05) is 38.3 Å². The molecule has 0 fully saturated rings. The first-order valence-corrected chi connectivity index (χ1v) is 8.90. The van der Waals surface area contributed by atoms with Crippen molar-refractivity contribution in [1.82, 2.24) is 23.9 Å².